The van der Waals surface area contributed by atoms with E-state index in [0.29, 0.717) is 12.0 Å². The predicted molar refractivity (Wildman–Crippen MR) is 48.0 cm³/mol. The topological polar surface area (TPSA) is 0 Å². The van der Waals surface area contributed by atoms with Gasteiger partial charge in [0.25, 0.3) is 0 Å². The summed E-state index contributed by atoms with van der Waals surface area (Å²) in [5, 5.41) is 0. The molecule has 1 aromatic rings. The Morgan fingerprint density at radius 1 is 1.33 bits per heavy atom. The van der Waals surface area contributed by atoms with E-state index in [9.17, 15) is 8.78 Å². The van der Waals surface area contributed by atoms with E-state index in [-0.39, 0.29) is 4.47 Å². The zero-order valence-electron chi connectivity index (χ0n) is 6.28. The Morgan fingerprint density at radius 3 is 2.25 bits per heavy atom. The van der Waals surface area contributed by atoms with E-state index in [2.05, 4.69) is 22.5 Å². The zero-order valence-corrected chi connectivity index (χ0v) is 7.87. The van der Waals surface area contributed by atoms with Gasteiger partial charge in [-0.1, -0.05) is 6.08 Å². The minimum Gasteiger partial charge on any atom is -0.206 e. The Balaban J connectivity index is 3.11. The van der Waals surface area contributed by atoms with Crippen molar-refractivity contribution in [2.45, 2.75) is 6.42 Å². The van der Waals surface area contributed by atoms with Crippen molar-refractivity contribution in [2.24, 2.45) is 0 Å². The summed E-state index contributed by atoms with van der Waals surface area (Å²) in [5.74, 6) is -1.15. The van der Waals surface area contributed by atoms with Crippen LogP contribution in [0.4, 0.5) is 8.78 Å². The molecule has 0 spiro atoms. The van der Waals surface area contributed by atoms with E-state index in [1.165, 1.54) is 12.1 Å². The second-order valence-electron chi connectivity index (χ2n) is 2.37. The van der Waals surface area contributed by atoms with Crippen LogP contribution < -0.4 is 0 Å². The van der Waals surface area contributed by atoms with Crippen molar-refractivity contribution in [1.29, 1.82) is 0 Å². The first-order valence-electron chi connectivity index (χ1n) is 3.39. The molecule has 3 heteroatoms. The lowest BCUT2D eigenvalue weighted by molar-refractivity contribution is 0.569. The van der Waals surface area contributed by atoms with Crippen molar-refractivity contribution in [1.82, 2.24) is 0 Å². The predicted octanol–water partition coefficient (Wildman–Crippen LogP) is 3.46. The van der Waals surface area contributed by atoms with Crippen LogP contribution in [0.15, 0.2) is 29.3 Å². The van der Waals surface area contributed by atoms with Gasteiger partial charge in [0.1, 0.15) is 11.6 Å². The van der Waals surface area contributed by atoms with E-state index in [0.717, 1.165) is 0 Å². The molecular formula is C9H7BrF2. The highest BCUT2D eigenvalue weighted by molar-refractivity contribution is 9.10. The van der Waals surface area contributed by atoms with Crippen LogP contribution in [0.1, 0.15) is 5.56 Å². The Labute approximate surface area is 78.0 Å². The molecule has 0 radical (unpaired) electrons. The third-order valence-corrected chi connectivity index (χ3v) is 2.18. The van der Waals surface area contributed by atoms with Gasteiger partial charge in [-0.2, -0.15) is 0 Å². The fourth-order valence-corrected chi connectivity index (χ4v) is 1.12. The fourth-order valence-electron chi connectivity index (χ4n) is 0.893. The number of rotatable bonds is 2. The van der Waals surface area contributed by atoms with E-state index < -0.39 is 11.6 Å². The van der Waals surface area contributed by atoms with Crippen LogP contribution in [0, 0.1) is 11.6 Å². The van der Waals surface area contributed by atoms with Crippen molar-refractivity contribution < 1.29 is 8.78 Å². The van der Waals surface area contributed by atoms with Crippen molar-refractivity contribution in [3.8, 4) is 0 Å². The molecule has 64 valence electrons. The average Bonchev–Trinajstić information content (AvgIpc) is 2.01. The van der Waals surface area contributed by atoms with Gasteiger partial charge in [-0.3, -0.25) is 0 Å². The third-order valence-electron chi connectivity index (χ3n) is 1.42. The molecule has 0 atom stereocenters. The molecule has 0 unspecified atom stereocenters. The molecule has 0 bridgehead atoms. The summed E-state index contributed by atoms with van der Waals surface area (Å²) < 4.78 is 25.6. The van der Waals surface area contributed by atoms with Crippen LogP contribution >= 0.6 is 15.9 Å². The molecule has 0 saturated heterocycles. The first-order valence-corrected chi connectivity index (χ1v) is 4.18. The SMILES string of the molecule is C=CCc1cc(F)c(Br)c(F)c1. The Kier molecular flexibility index (Phi) is 2.98. The Morgan fingerprint density at radius 2 is 1.83 bits per heavy atom. The lowest BCUT2D eigenvalue weighted by atomic mass is 10.1. The number of halogens is 3. The number of hydrogen-bond acceptors (Lipinski definition) is 0. The maximum atomic E-state index is 12.8. The molecule has 0 N–H and O–H groups in total. The van der Waals surface area contributed by atoms with E-state index in [1.807, 2.05) is 0 Å². The monoisotopic (exact) mass is 232 g/mol. The fraction of sp³-hybridized carbons (Fsp3) is 0.111. The molecule has 0 aliphatic carbocycles. The van der Waals surface area contributed by atoms with Crippen LogP contribution in [0.3, 0.4) is 0 Å². The minimum atomic E-state index is -0.577. The lowest BCUT2D eigenvalue weighted by Gasteiger charge is -2.00. The van der Waals surface area contributed by atoms with Crippen LogP contribution in [-0.4, -0.2) is 0 Å². The van der Waals surface area contributed by atoms with Crippen molar-refractivity contribution >= 4 is 15.9 Å². The first-order chi connectivity index (χ1) is 5.65. The second kappa shape index (κ2) is 3.81. The van der Waals surface area contributed by atoms with Gasteiger partial charge in [0.15, 0.2) is 0 Å². The van der Waals surface area contributed by atoms with E-state index >= 15 is 0 Å². The van der Waals surface area contributed by atoms with Gasteiger partial charge in [-0.05, 0) is 40.0 Å². The van der Waals surface area contributed by atoms with Crippen molar-refractivity contribution in [2.75, 3.05) is 0 Å². The van der Waals surface area contributed by atoms with Gasteiger partial charge in [0.05, 0.1) is 4.47 Å². The minimum absolute atomic E-state index is 0.115. The number of benzene rings is 1. The van der Waals surface area contributed by atoms with Crippen LogP contribution in [0.5, 0.6) is 0 Å². The molecule has 12 heavy (non-hydrogen) atoms. The summed E-state index contributed by atoms with van der Waals surface area (Å²) in [4.78, 5) is 0. The standard InChI is InChI=1S/C9H7BrF2/c1-2-3-6-4-7(11)9(10)8(12)5-6/h2,4-5H,1,3H2. The van der Waals surface area contributed by atoms with Gasteiger partial charge in [0, 0.05) is 0 Å². The summed E-state index contributed by atoms with van der Waals surface area (Å²) in [7, 11) is 0. The summed E-state index contributed by atoms with van der Waals surface area (Å²) in [5.41, 5.74) is 0.586. The highest BCUT2D eigenvalue weighted by Crippen LogP contribution is 2.21. The second-order valence-corrected chi connectivity index (χ2v) is 3.16. The number of hydrogen-bond donors (Lipinski definition) is 0. The van der Waals surface area contributed by atoms with Gasteiger partial charge in [-0.15, -0.1) is 6.58 Å². The molecule has 1 rings (SSSR count). The lowest BCUT2D eigenvalue weighted by Crippen LogP contribution is -1.89. The quantitative estimate of drug-likeness (QED) is 0.542. The average molecular weight is 233 g/mol. The Bertz CT molecular complexity index is 284. The molecule has 0 aromatic heterocycles. The smallest absolute Gasteiger partial charge is 0.140 e. The van der Waals surface area contributed by atoms with Gasteiger partial charge < -0.3 is 0 Å². The van der Waals surface area contributed by atoms with Crippen LogP contribution in [-0.2, 0) is 6.42 Å². The summed E-state index contributed by atoms with van der Waals surface area (Å²) >= 11 is 2.79. The molecular weight excluding hydrogens is 226 g/mol. The maximum Gasteiger partial charge on any atom is 0.140 e. The molecule has 0 saturated carbocycles. The van der Waals surface area contributed by atoms with Crippen LogP contribution in [0.2, 0.25) is 0 Å². The zero-order chi connectivity index (χ0) is 9.14. The third kappa shape index (κ3) is 1.91. The summed E-state index contributed by atoms with van der Waals surface area (Å²) in [6, 6.07) is 2.57. The van der Waals surface area contributed by atoms with E-state index in [1.54, 1.807) is 6.08 Å². The van der Waals surface area contributed by atoms with Crippen molar-refractivity contribution in [3.63, 3.8) is 0 Å². The molecule has 0 aliphatic rings. The van der Waals surface area contributed by atoms with Gasteiger partial charge in [-0.25, -0.2) is 8.78 Å². The molecule has 0 nitrogen and oxygen atoms in total. The van der Waals surface area contributed by atoms with Crippen molar-refractivity contribution in [3.05, 3.63) is 46.5 Å². The molecule has 0 fully saturated rings. The summed E-state index contributed by atoms with van der Waals surface area (Å²) in [6.07, 6.45) is 2.07. The highest BCUT2D eigenvalue weighted by Gasteiger charge is 2.06. The maximum absolute atomic E-state index is 12.8. The van der Waals surface area contributed by atoms with Gasteiger partial charge in [0.2, 0.25) is 0 Å². The van der Waals surface area contributed by atoms with Crippen LogP contribution in [0.25, 0.3) is 0 Å². The Hall–Kier alpha value is -0.700. The van der Waals surface area contributed by atoms with Gasteiger partial charge >= 0.3 is 0 Å². The molecule has 0 amide bonds. The number of allylic oxidation sites excluding steroid dienone is 1. The molecule has 0 aliphatic heterocycles. The summed E-state index contributed by atoms with van der Waals surface area (Å²) in [6.45, 7) is 3.48. The largest absolute Gasteiger partial charge is 0.206 e. The normalized spacial score (nSPS) is 9.92. The molecule has 0 heterocycles. The first kappa shape index (κ1) is 9.39. The van der Waals surface area contributed by atoms with E-state index in [4.69, 9.17) is 0 Å². The highest BCUT2D eigenvalue weighted by atomic mass is 79.9. The molecule has 1 aromatic carbocycles.